The van der Waals surface area contributed by atoms with E-state index in [1.54, 1.807) is 0 Å². The summed E-state index contributed by atoms with van der Waals surface area (Å²) in [7, 11) is 0. The lowest BCUT2D eigenvalue weighted by atomic mass is 10.2. The molecule has 5 heteroatoms. The van der Waals surface area contributed by atoms with Crippen LogP contribution in [0.2, 0.25) is 0 Å². The van der Waals surface area contributed by atoms with Crippen molar-refractivity contribution < 1.29 is 9.53 Å². The van der Waals surface area contributed by atoms with Crippen molar-refractivity contribution in [2.24, 2.45) is 0 Å². The lowest BCUT2D eigenvalue weighted by molar-refractivity contribution is -0.128. The molecule has 0 bridgehead atoms. The van der Waals surface area contributed by atoms with Crippen molar-refractivity contribution >= 4 is 17.3 Å². The molecule has 2 aliphatic rings. The Balaban J connectivity index is 1.58. The van der Waals surface area contributed by atoms with Gasteiger partial charge in [0.15, 0.2) is 0 Å². The van der Waals surface area contributed by atoms with Crippen LogP contribution < -0.4 is 15.5 Å². The molecule has 2 heterocycles. The number of ether oxygens (including phenoxy) is 1. The van der Waals surface area contributed by atoms with E-state index in [2.05, 4.69) is 27.7 Å². The first-order valence-corrected chi connectivity index (χ1v) is 7.31. The molecule has 0 aromatic heterocycles. The maximum Gasteiger partial charge on any atom is 0.254 e. The number of hydrogen-bond acceptors (Lipinski definition) is 4. The highest BCUT2D eigenvalue weighted by molar-refractivity contribution is 5.94. The van der Waals surface area contributed by atoms with Gasteiger partial charge in [-0.15, -0.1) is 0 Å². The number of nitrogens with one attached hydrogen (secondary N) is 2. The van der Waals surface area contributed by atoms with Gasteiger partial charge in [0.05, 0.1) is 6.61 Å². The van der Waals surface area contributed by atoms with Crippen LogP contribution in [0.3, 0.4) is 0 Å². The van der Waals surface area contributed by atoms with Gasteiger partial charge in [0.2, 0.25) is 0 Å². The van der Waals surface area contributed by atoms with Gasteiger partial charge in [-0.2, -0.15) is 0 Å². The molecule has 0 aliphatic carbocycles. The van der Waals surface area contributed by atoms with Crippen molar-refractivity contribution in [1.29, 1.82) is 0 Å². The Kier molecular flexibility index (Phi) is 4.18. The normalized spacial score (nSPS) is 22.8. The van der Waals surface area contributed by atoms with Gasteiger partial charge in [-0.05, 0) is 37.1 Å². The van der Waals surface area contributed by atoms with Crippen LogP contribution in [0.5, 0.6) is 0 Å². The third kappa shape index (κ3) is 3.11. The summed E-state index contributed by atoms with van der Waals surface area (Å²) in [6.07, 6.45) is 2.15. The quantitative estimate of drug-likeness (QED) is 0.871. The smallest absolute Gasteiger partial charge is 0.254 e. The Morgan fingerprint density at radius 3 is 2.65 bits per heavy atom. The molecule has 0 saturated carbocycles. The van der Waals surface area contributed by atoms with Gasteiger partial charge in [0, 0.05) is 37.6 Å². The van der Waals surface area contributed by atoms with Crippen molar-refractivity contribution in [2.45, 2.75) is 18.9 Å². The molecule has 2 aliphatic heterocycles. The topological polar surface area (TPSA) is 53.6 Å². The molecular weight excluding hydrogens is 254 g/mol. The summed E-state index contributed by atoms with van der Waals surface area (Å²) in [5.41, 5.74) is 2.06. The minimum atomic E-state index is -0.387. The van der Waals surface area contributed by atoms with Crippen LogP contribution in [0.25, 0.3) is 0 Å². The molecule has 20 heavy (non-hydrogen) atoms. The number of anilines is 2. The molecule has 1 amide bonds. The number of hydrogen-bond donors (Lipinski definition) is 2. The summed E-state index contributed by atoms with van der Waals surface area (Å²) in [6.45, 7) is 4.25. The van der Waals surface area contributed by atoms with Crippen LogP contribution in [-0.4, -0.2) is 44.8 Å². The van der Waals surface area contributed by atoms with Crippen molar-refractivity contribution in [3.63, 3.8) is 0 Å². The maximum absolute atomic E-state index is 12.0. The Bertz CT molecular complexity index is 449. The van der Waals surface area contributed by atoms with Crippen LogP contribution in [0.15, 0.2) is 24.3 Å². The van der Waals surface area contributed by atoms with E-state index >= 15 is 0 Å². The second-order valence-corrected chi connectivity index (χ2v) is 5.29. The van der Waals surface area contributed by atoms with Gasteiger partial charge >= 0.3 is 0 Å². The molecule has 108 valence electrons. The zero-order valence-corrected chi connectivity index (χ0v) is 11.6. The van der Waals surface area contributed by atoms with Crippen LogP contribution in [-0.2, 0) is 9.53 Å². The third-order valence-electron chi connectivity index (χ3n) is 3.83. The predicted molar refractivity (Wildman–Crippen MR) is 79.1 cm³/mol. The predicted octanol–water partition coefficient (Wildman–Crippen LogP) is 1.21. The summed E-state index contributed by atoms with van der Waals surface area (Å²) < 4.78 is 5.43. The second kappa shape index (κ2) is 6.24. The van der Waals surface area contributed by atoms with Crippen LogP contribution in [0.4, 0.5) is 11.4 Å². The zero-order chi connectivity index (χ0) is 13.8. The highest BCUT2D eigenvalue weighted by Crippen LogP contribution is 2.22. The third-order valence-corrected chi connectivity index (χ3v) is 3.83. The molecule has 1 atom stereocenters. The number of morpholine rings is 1. The first-order valence-electron chi connectivity index (χ1n) is 7.31. The molecule has 3 rings (SSSR count). The summed E-state index contributed by atoms with van der Waals surface area (Å²) in [5, 5.41) is 6.06. The van der Waals surface area contributed by atoms with E-state index in [4.69, 9.17) is 4.74 Å². The fraction of sp³-hybridized carbons (Fsp3) is 0.533. The number of amides is 1. The molecular formula is C15H21N3O2. The Morgan fingerprint density at radius 2 is 2.00 bits per heavy atom. The van der Waals surface area contributed by atoms with Gasteiger partial charge in [-0.3, -0.25) is 4.79 Å². The van der Waals surface area contributed by atoms with Crippen LogP contribution >= 0.6 is 0 Å². The van der Waals surface area contributed by atoms with E-state index in [1.807, 2.05) is 12.1 Å². The summed E-state index contributed by atoms with van der Waals surface area (Å²) in [6, 6.07) is 8.06. The largest absolute Gasteiger partial charge is 0.372 e. The standard InChI is InChI=1S/C15H21N3O2/c19-15(14-11-16-7-10-20-14)17-12-3-5-13(6-4-12)18-8-1-2-9-18/h3-6,14,16H,1-2,7-11H2,(H,17,19). The molecule has 0 spiro atoms. The average molecular weight is 275 g/mol. The minimum Gasteiger partial charge on any atom is -0.372 e. The highest BCUT2D eigenvalue weighted by atomic mass is 16.5. The maximum atomic E-state index is 12.0. The van der Waals surface area contributed by atoms with E-state index in [0.29, 0.717) is 13.2 Å². The molecule has 1 aromatic rings. The van der Waals surface area contributed by atoms with Gasteiger partial charge in [-0.1, -0.05) is 0 Å². The van der Waals surface area contributed by atoms with E-state index in [0.717, 1.165) is 25.3 Å². The highest BCUT2D eigenvalue weighted by Gasteiger charge is 2.21. The molecule has 1 unspecified atom stereocenters. The van der Waals surface area contributed by atoms with Crippen molar-refractivity contribution in [2.75, 3.05) is 43.0 Å². The number of carbonyl (C=O) groups excluding carboxylic acids is 1. The molecule has 2 N–H and O–H groups in total. The molecule has 2 saturated heterocycles. The number of nitrogens with zero attached hydrogens (tertiary/aromatic N) is 1. The van der Waals surface area contributed by atoms with Crippen molar-refractivity contribution in [3.8, 4) is 0 Å². The first kappa shape index (κ1) is 13.4. The monoisotopic (exact) mass is 275 g/mol. The molecule has 2 fully saturated rings. The van der Waals surface area contributed by atoms with Gasteiger partial charge in [-0.25, -0.2) is 0 Å². The number of rotatable bonds is 3. The Labute approximate surface area is 119 Å². The van der Waals surface area contributed by atoms with Crippen LogP contribution in [0, 0.1) is 0 Å². The van der Waals surface area contributed by atoms with E-state index < -0.39 is 0 Å². The Hall–Kier alpha value is -1.59. The van der Waals surface area contributed by atoms with Crippen molar-refractivity contribution in [1.82, 2.24) is 5.32 Å². The second-order valence-electron chi connectivity index (χ2n) is 5.29. The molecule has 1 aromatic carbocycles. The van der Waals surface area contributed by atoms with E-state index in [1.165, 1.54) is 18.5 Å². The fourth-order valence-corrected chi connectivity index (χ4v) is 2.69. The van der Waals surface area contributed by atoms with Gasteiger partial charge in [0.1, 0.15) is 6.10 Å². The summed E-state index contributed by atoms with van der Waals surface area (Å²) >= 11 is 0. The lowest BCUT2D eigenvalue weighted by Crippen LogP contribution is -2.45. The van der Waals surface area contributed by atoms with Gasteiger partial charge < -0.3 is 20.3 Å². The average Bonchev–Trinajstić information content (AvgIpc) is 3.03. The van der Waals surface area contributed by atoms with Crippen LogP contribution in [0.1, 0.15) is 12.8 Å². The SMILES string of the molecule is O=C(Nc1ccc(N2CCCC2)cc1)C1CNCCO1. The van der Waals surface area contributed by atoms with E-state index in [9.17, 15) is 4.79 Å². The van der Waals surface area contributed by atoms with Crippen molar-refractivity contribution in [3.05, 3.63) is 24.3 Å². The number of carbonyl (C=O) groups is 1. The number of benzene rings is 1. The molecule has 0 radical (unpaired) electrons. The first-order chi connectivity index (χ1) is 9.83. The fourth-order valence-electron chi connectivity index (χ4n) is 2.69. The lowest BCUT2D eigenvalue weighted by Gasteiger charge is -2.23. The Morgan fingerprint density at radius 1 is 1.25 bits per heavy atom. The minimum absolute atomic E-state index is 0.0777. The summed E-state index contributed by atoms with van der Waals surface area (Å²) in [5.74, 6) is -0.0777. The molecule has 5 nitrogen and oxygen atoms in total. The van der Waals surface area contributed by atoms with E-state index in [-0.39, 0.29) is 12.0 Å². The zero-order valence-electron chi connectivity index (χ0n) is 11.6. The summed E-state index contributed by atoms with van der Waals surface area (Å²) in [4.78, 5) is 14.4. The van der Waals surface area contributed by atoms with Gasteiger partial charge in [0.25, 0.3) is 5.91 Å².